The molecule has 0 unspecified atom stereocenters. The number of hydrogen-bond donors (Lipinski definition) is 0. The summed E-state index contributed by atoms with van der Waals surface area (Å²) in [6.45, 7) is 2.75. The molecule has 0 aromatic carbocycles. The molecule has 0 spiro atoms. The molecule has 13 heavy (non-hydrogen) atoms. The van der Waals surface area contributed by atoms with E-state index in [9.17, 15) is 0 Å². The lowest BCUT2D eigenvalue weighted by Gasteiger charge is -2.21. The monoisotopic (exact) mass is 200 g/mol. The second-order valence-corrected chi connectivity index (χ2v) is 3.80. The Morgan fingerprint density at radius 1 is 1.54 bits per heavy atom. The zero-order valence-corrected chi connectivity index (χ0v) is 8.20. The fourth-order valence-corrected chi connectivity index (χ4v) is 1.79. The van der Waals surface area contributed by atoms with E-state index in [4.69, 9.17) is 16.3 Å². The van der Waals surface area contributed by atoms with Crippen LogP contribution in [0.4, 0.5) is 0 Å². The lowest BCUT2D eigenvalue weighted by molar-refractivity contribution is 0.0601. The highest BCUT2D eigenvalue weighted by Gasteiger charge is 2.14. The summed E-state index contributed by atoms with van der Waals surface area (Å²) in [5, 5.41) is 4.72. The predicted octanol–water partition coefficient (Wildman–Crippen LogP) is 1.96. The van der Waals surface area contributed by atoms with Gasteiger partial charge in [0, 0.05) is 26.0 Å². The van der Waals surface area contributed by atoms with Crippen molar-refractivity contribution in [3.63, 3.8) is 0 Å². The van der Waals surface area contributed by atoms with Crippen LogP contribution < -0.4 is 0 Å². The number of nitrogens with zero attached hydrogens (tertiary/aromatic N) is 2. The Labute approximate surface area is 82.6 Å². The average molecular weight is 201 g/mol. The van der Waals surface area contributed by atoms with Crippen molar-refractivity contribution < 1.29 is 4.74 Å². The molecule has 1 aliphatic heterocycles. The van der Waals surface area contributed by atoms with E-state index in [1.165, 1.54) is 0 Å². The Hall–Kier alpha value is -0.540. The van der Waals surface area contributed by atoms with Crippen LogP contribution in [-0.2, 0) is 11.3 Å². The highest BCUT2D eigenvalue weighted by Crippen LogP contribution is 2.16. The third-order valence-electron chi connectivity index (χ3n) is 2.39. The van der Waals surface area contributed by atoms with Crippen molar-refractivity contribution in [2.45, 2.75) is 19.4 Å². The maximum absolute atomic E-state index is 5.72. The van der Waals surface area contributed by atoms with Gasteiger partial charge in [0.05, 0.1) is 0 Å². The molecule has 0 bridgehead atoms. The van der Waals surface area contributed by atoms with Gasteiger partial charge in [-0.3, -0.25) is 4.68 Å². The van der Waals surface area contributed by atoms with Crippen LogP contribution in [-0.4, -0.2) is 23.0 Å². The Morgan fingerprint density at radius 2 is 2.31 bits per heavy atom. The minimum absolute atomic E-state index is 0.576. The highest BCUT2D eigenvalue weighted by molar-refractivity contribution is 6.29. The summed E-state index contributed by atoms with van der Waals surface area (Å²) in [7, 11) is 0. The first-order valence-electron chi connectivity index (χ1n) is 4.61. The number of aromatic nitrogens is 2. The average Bonchev–Trinajstić information content (AvgIpc) is 2.53. The molecule has 1 saturated heterocycles. The number of ether oxygens (including phenoxy) is 1. The molecule has 0 atom stereocenters. The van der Waals surface area contributed by atoms with Crippen molar-refractivity contribution in [1.29, 1.82) is 0 Å². The molecule has 1 aliphatic rings. The van der Waals surface area contributed by atoms with Crippen molar-refractivity contribution in [3.05, 3.63) is 17.4 Å². The van der Waals surface area contributed by atoms with E-state index in [-0.39, 0.29) is 0 Å². The van der Waals surface area contributed by atoms with Crippen molar-refractivity contribution in [3.8, 4) is 0 Å². The van der Waals surface area contributed by atoms with E-state index in [2.05, 4.69) is 5.10 Å². The fraction of sp³-hybridized carbons (Fsp3) is 0.667. The molecule has 1 aromatic rings. The van der Waals surface area contributed by atoms with Crippen LogP contribution in [0.2, 0.25) is 5.15 Å². The van der Waals surface area contributed by atoms with Gasteiger partial charge in [-0.1, -0.05) is 11.6 Å². The minimum atomic E-state index is 0.576. The van der Waals surface area contributed by atoms with Crippen LogP contribution in [0.25, 0.3) is 0 Å². The van der Waals surface area contributed by atoms with Crippen LogP contribution in [0, 0.1) is 5.92 Å². The number of rotatable bonds is 2. The number of halogens is 1. The Balaban J connectivity index is 1.89. The molecule has 4 heteroatoms. The summed E-state index contributed by atoms with van der Waals surface area (Å²) in [5.74, 6) is 0.699. The van der Waals surface area contributed by atoms with E-state index in [0.717, 1.165) is 32.6 Å². The Bertz CT molecular complexity index is 268. The first-order valence-corrected chi connectivity index (χ1v) is 4.99. The lowest BCUT2D eigenvalue weighted by atomic mass is 10.0. The first kappa shape index (κ1) is 9.03. The van der Waals surface area contributed by atoms with Crippen molar-refractivity contribution in [2.24, 2.45) is 5.92 Å². The fourth-order valence-electron chi connectivity index (χ4n) is 1.63. The summed E-state index contributed by atoms with van der Waals surface area (Å²) in [6.07, 6.45) is 4.20. The van der Waals surface area contributed by atoms with Gasteiger partial charge in [0.15, 0.2) is 5.15 Å². The summed E-state index contributed by atoms with van der Waals surface area (Å²) < 4.78 is 7.20. The van der Waals surface area contributed by atoms with Crippen molar-refractivity contribution >= 4 is 11.6 Å². The molecule has 0 radical (unpaired) electrons. The third-order valence-corrected chi connectivity index (χ3v) is 2.60. The van der Waals surface area contributed by atoms with Crippen molar-refractivity contribution in [2.75, 3.05) is 13.2 Å². The second kappa shape index (κ2) is 4.11. The van der Waals surface area contributed by atoms with Crippen LogP contribution in [0.15, 0.2) is 12.3 Å². The molecule has 0 N–H and O–H groups in total. The van der Waals surface area contributed by atoms with Crippen LogP contribution in [0.5, 0.6) is 0 Å². The molecule has 0 aliphatic carbocycles. The van der Waals surface area contributed by atoms with Crippen LogP contribution in [0.3, 0.4) is 0 Å². The highest BCUT2D eigenvalue weighted by atomic mass is 35.5. The molecular weight excluding hydrogens is 188 g/mol. The maximum atomic E-state index is 5.72. The molecule has 2 heterocycles. The van der Waals surface area contributed by atoms with Gasteiger partial charge in [-0.25, -0.2) is 0 Å². The minimum Gasteiger partial charge on any atom is -0.381 e. The zero-order valence-electron chi connectivity index (χ0n) is 7.45. The molecular formula is C9H13ClN2O. The third kappa shape index (κ3) is 2.45. The summed E-state index contributed by atoms with van der Waals surface area (Å²) in [6, 6.07) is 1.82. The van der Waals surface area contributed by atoms with Gasteiger partial charge in [-0.05, 0) is 24.8 Å². The molecule has 1 aromatic heterocycles. The van der Waals surface area contributed by atoms with Crippen LogP contribution in [0.1, 0.15) is 12.8 Å². The van der Waals surface area contributed by atoms with Crippen molar-refractivity contribution in [1.82, 2.24) is 9.78 Å². The van der Waals surface area contributed by atoms with Gasteiger partial charge in [-0.2, -0.15) is 5.10 Å². The molecule has 3 nitrogen and oxygen atoms in total. The Kier molecular flexibility index (Phi) is 2.86. The summed E-state index contributed by atoms with van der Waals surface area (Å²) >= 11 is 5.72. The predicted molar refractivity (Wildman–Crippen MR) is 50.8 cm³/mol. The van der Waals surface area contributed by atoms with Gasteiger partial charge in [0.2, 0.25) is 0 Å². The molecule has 1 fully saturated rings. The summed E-state index contributed by atoms with van der Waals surface area (Å²) in [4.78, 5) is 0. The zero-order chi connectivity index (χ0) is 9.10. The topological polar surface area (TPSA) is 27.1 Å². The smallest absolute Gasteiger partial charge is 0.151 e. The van der Waals surface area contributed by atoms with Gasteiger partial charge >= 0.3 is 0 Å². The SMILES string of the molecule is Clc1ccn(CC2CCOCC2)n1. The lowest BCUT2D eigenvalue weighted by Crippen LogP contribution is -2.20. The maximum Gasteiger partial charge on any atom is 0.151 e. The van der Waals surface area contributed by atoms with Gasteiger partial charge in [0.1, 0.15) is 0 Å². The largest absolute Gasteiger partial charge is 0.381 e. The molecule has 0 saturated carbocycles. The number of hydrogen-bond acceptors (Lipinski definition) is 2. The second-order valence-electron chi connectivity index (χ2n) is 3.42. The standard InChI is InChI=1S/C9H13ClN2O/c10-9-1-4-12(11-9)7-8-2-5-13-6-3-8/h1,4,8H,2-3,5-7H2. The Morgan fingerprint density at radius 3 is 2.92 bits per heavy atom. The van der Waals surface area contributed by atoms with Crippen LogP contribution >= 0.6 is 11.6 Å². The summed E-state index contributed by atoms with van der Waals surface area (Å²) in [5.41, 5.74) is 0. The van der Waals surface area contributed by atoms with E-state index in [0.29, 0.717) is 11.1 Å². The van der Waals surface area contributed by atoms with E-state index < -0.39 is 0 Å². The first-order chi connectivity index (χ1) is 6.34. The van der Waals surface area contributed by atoms with Gasteiger partial charge in [-0.15, -0.1) is 0 Å². The molecule has 2 rings (SSSR count). The molecule has 0 amide bonds. The van der Waals surface area contributed by atoms with E-state index >= 15 is 0 Å². The van der Waals surface area contributed by atoms with Gasteiger partial charge in [0.25, 0.3) is 0 Å². The molecule has 72 valence electrons. The quantitative estimate of drug-likeness (QED) is 0.730. The van der Waals surface area contributed by atoms with E-state index in [1.807, 2.05) is 16.9 Å². The van der Waals surface area contributed by atoms with Gasteiger partial charge < -0.3 is 4.74 Å². The normalized spacial score (nSPS) is 19.2. The van der Waals surface area contributed by atoms with E-state index in [1.54, 1.807) is 0 Å².